The van der Waals surface area contributed by atoms with E-state index in [1.807, 2.05) is 0 Å². The lowest BCUT2D eigenvalue weighted by molar-refractivity contribution is 0.277. The smallest absolute Gasteiger partial charge is 0.0239 e. The molecule has 0 saturated heterocycles. The highest BCUT2D eigenvalue weighted by Gasteiger charge is 2.08. The maximum Gasteiger partial charge on any atom is 0.0239 e. The molecule has 0 fully saturated rings. The molecule has 0 saturated carbocycles. The van der Waals surface area contributed by atoms with Crippen LogP contribution >= 0.6 is 15.9 Å². The average Bonchev–Trinajstić information content (AvgIpc) is 2.31. The van der Waals surface area contributed by atoms with Crippen LogP contribution in [-0.2, 0) is 6.54 Å². The van der Waals surface area contributed by atoms with Crippen LogP contribution in [0.4, 0.5) is 0 Å². The molecule has 0 spiro atoms. The third-order valence-electron chi connectivity index (χ3n) is 3.25. The number of halogens is 1. The summed E-state index contributed by atoms with van der Waals surface area (Å²) in [5.74, 6) is 0. The van der Waals surface area contributed by atoms with Crippen LogP contribution in [0.2, 0.25) is 0 Å². The minimum Gasteiger partial charge on any atom is -0.298 e. The predicted molar refractivity (Wildman–Crippen MR) is 79.9 cm³/mol. The van der Waals surface area contributed by atoms with Gasteiger partial charge in [0.2, 0.25) is 0 Å². The van der Waals surface area contributed by atoms with Crippen LogP contribution in [0.3, 0.4) is 0 Å². The van der Waals surface area contributed by atoms with E-state index in [0.717, 1.165) is 18.4 Å². The molecule has 1 nitrogen and oxygen atoms in total. The van der Waals surface area contributed by atoms with Gasteiger partial charge in [0.05, 0.1) is 0 Å². The molecule has 0 unspecified atom stereocenters. The summed E-state index contributed by atoms with van der Waals surface area (Å²) in [5, 5.41) is 1.06. The number of hydrogen-bond acceptors (Lipinski definition) is 1. The first-order valence-electron chi connectivity index (χ1n) is 6.52. The summed E-state index contributed by atoms with van der Waals surface area (Å²) in [6.45, 7) is 10.1. The minimum absolute atomic E-state index is 1.06. The van der Waals surface area contributed by atoms with E-state index in [9.17, 15) is 0 Å². The lowest BCUT2D eigenvalue weighted by Crippen LogP contribution is -2.27. The van der Waals surface area contributed by atoms with Gasteiger partial charge in [0.25, 0.3) is 0 Å². The van der Waals surface area contributed by atoms with Crippen LogP contribution in [0.5, 0.6) is 0 Å². The molecule has 1 aromatic carbocycles. The zero-order chi connectivity index (χ0) is 12.7. The number of unbranched alkanes of at least 4 members (excludes halogenated alkanes) is 1. The van der Waals surface area contributed by atoms with Gasteiger partial charge in [-0.2, -0.15) is 0 Å². The Hall–Kier alpha value is -0.340. The van der Waals surface area contributed by atoms with E-state index in [2.05, 4.69) is 59.8 Å². The third kappa shape index (κ3) is 4.81. The fraction of sp³-hybridized carbons (Fsp3) is 0.600. The molecule has 17 heavy (non-hydrogen) atoms. The highest BCUT2D eigenvalue weighted by atomic mass is 79.9. The van der Waals surface area contributed by atoms with Crippen molar-refractivity contribution in [3.05, 3.63) is 34.9 Å². The van der Waals surface area contributed by atoms with Crippen molar-refractivity contribution in [2.75, 3.05) is 18.4 Å². The van der Waals surface area contributed by atoms with Gasteiger partial charge in [0.15, 0.2) is 0 Å². The van der Waals surface area contributed by atoms with Crippen molar-refractivity contribution in [2.45, 2.75) is 40.2 Å². The molecule has 0 heterocycles. The molecular weight excluding hydrogens is 274 g/mol. The molecule has 0 aliphatic rings. The summed E-state index contributed by atoms with van der Waals surface area (Å²) < 4.78 is 0. The summed E-state index contributed by atoms with van der Waals surface area (Å²) in [5.41, 5.74) is 4.34. The second-order valence-electron chi connectivity index (χ2n) is 4.69. The number of aryl methyl sites for hydroxylation is 2. The lowest BCUT2D eigenvalue weighted by atomic mass is 10.0. The van der Waals surface area contributed by atoms with E-state index in [1.54, 1.807) is 0 Å². The number of nitrogens with zero attached hydrogens (tertiary/aromatic N) is 1. The van der Waals surface area contributed by atoms with Gasteiger partial charge in [-0.1, -0.05) is 47.5 Å². The van der Waals surface area contributed by atoms with Crippen LogP contribution in [0.15, 0.2) is 18.2 Å². The summed E-state index contributed by atoms with van der Waals surface area (Å²) >= 11 is 3.55. The Morgan fingerprint density at radius 2 is 1.76 bits per heavy atom. The molecule has 0 amide bonds. The zero-order valence-corrected chi connectivity index (χ0v) is 12.9. The van der Waals surface area contributed by atoms with Gasteiger partial charge in [-0.05, 0) is 43.5 Å². The summed E-state index contributed by atoms with van der Waals surface area (Å²) in [6, 6.07) is 6.58. The van der Waals surface area contributed by atoms with Crippen molar-refractivity contribution in [1.29, 1.82) is 0 Å². The van der Waals surface area contributed by atoms with Gasteiger partial charge in [0, 0.05) is 18.4 Å². The maximum atomic E-state index is 3.55. The first kappa shape index (κ1) is 14.7. The van der Waals surface area contributed by atoms with Crippen molar-refractivity contribution < 1.29 is 0 Å². The SMILES string of the molecule is CCCCN(CCBr)Cc1c(C)cccc1C. The number of benzene rings is 1. The molecule has 0 aliphatic carbocycles. The lowest BCUT2D eigenvalue weighted by Gasteiger charge is -2.23. The van der Waals surface area contributed by atoms with Crippen LogP contribution in [-0.4, -0.2) is 23.3 Å². The van der Waals surface area contributed by atoms with E-state index >= 15 is 0 Å². The Bertz CT molecular complexity index is 315. The van der Waals surface area contributed by atoms with Crippen molar-refractivity contribution in [3.8, 4) is 0 Å². The molecule has 0 aromatic heterocycles. The number of alkyl halides is 1. The van der Waals surface area contributed by atoms with Gasteiger partial charge in [0.1, 0.15) is 0 Å². The van der Waals surface area contributed by atoms with Crippen molar-refractivity contribution in [3.63, 3.8) is 0 Å². The van der Waals surface area contributed by atoms with Gasteiger partial charge < -0.3 is 0 Å². The molecule has 0 N–H and O–H groups in total. The highest BCUT2D eigenvalue weighted by molar-refractivity contribution is 9.09. The average molecular weight is 298 g/mol. The van der Waals surface area contributed by atoms with E-state index in [1.165, 1.54) is 36.1 Å². The van der Waals surface area contributed by atoms with Crippen LogP contribution in [0.1, 0.15) is 36.5 Å². The highest BCUT2D eigenvalue weighted by Crippen LogP contribution is 2.16. The predicted octanol–water partition coefficient (Wildman–Crippen LogP) is 4.30. The van der Waals surface area contributed by atoms with E-state index in [4.69, 9.17) is 0 Å². The maximum absolute atomic E-state index is 3.55. The summed E-state index contributed by atoms with van der Waals surface area (Å²) in [7, 11) is 0. The Balaban J connectivity index is 2.70. The molecule has 1 rings (SSSR count). The minimum atomic E-state index is 1.06. The Kier molecular flexibility index (Phi) is 6.83. The fourth-order valence-electron chi connectivity index (χ4n) is 2.09. The first-order valence-corrected chi connectivity index (χ1v) is 7.64. The standard InChI is InChI=1S/C15H24BrN/c1-4-5-10-17(11-9-16)12-15-13(2)7-6-8-14(15)3/h6-8H,4-5,9-12H2,1-3H3. The third-order valence-corrected chi connectivity index (χ3v) is 3.61. The Morgan fingerprint density at radius 3 is 2.29 bits per heavy atom. The van der Waals surface area contributed by atoms with Gasteiger partial charge in [-0.15, -0.1) is 0 Å². The fourth-order valence-corrected chi connectivity index (χ4v) is 2.59. The first-order chi connectivity index (χ1) is 8.19. The van der Waals surface area contributed by atoms with E-state index < -0.39 is 0 Å². The zero-order valence-electron chi connectivity index (χ0n) is 11.3. The molecule has 0 aliphatic heterocycles. The van der Waals surface area contributed by atoms with Crippen molar-refractivity contribution >= 4 is 15.9 Å². The number of rotatable bonds is 7. The Morgan fingerprint density at radius 1 is 1.12 bits per heavy atom. The van der Waals surface area contributed by atoms with E-state index in [-0.39, 0.29) is 0 Å². The monoisotopic (exact) mass is 297 g/mol. The second-order valence-corrected chi connectivity index (χ2v) is 5.48. The normalized spacial score (nSPS) is 11.1. The Labute approximate surface area is 114 Å². The molecule has 0 atom stereocenters. The van der Waals surface area contributed by atoms with Crippen LogP contribution < -0.4 is 0 Å². The molecule has 0 radical (unpaired) electrons. The largest absolute Gasteiger partial charge is 0.298 e. The van der Waals surface area contributed by atoms with Gasteiger partial charge in [-0.3, -0.25) is 4.90 Å². The van der Waals surface area contributed by atoms with Crippen LogP contribution in [0.25, 0.3) is 0 Å². The van der Waals surface area contributed by atoms with Crippen molar-refractivity contribution in [2.24, 2.45) is 0 Å². The van der Waals surface area contributed by atoms with Crippen molar-refractivity contribution in [1.82, 2.24) is 4.90 Å². The van der Waals surface area contributed by atoms with Crippen LogP contribution in [0, 0.1) is 13.8 Å². The second kappa shape index (κ2) is 7.88. The summed E-state index contributed by atoms with van der Waals surface area (Å²) in [6.07, 6.45) is 2.56. The molecular formula is C15H24BrN. The summed E-state index contributed by atoms with van der Waals surface area (Å²) in [4.78, 5) is 2.55. The quantitative estimate of drug-likeness (QED) is 0.678. The van der Waals surface area contributed by atoms with E-state index in [0.29, 0.717) is 0 Å². The molecule has 2 heteroatoms. The number of hydrogen-bond donors (Lipinski definition) is 0. The molecule has 1 aromatic rings. The molecule has 96 valence electrons. The topological polar surface area (TPSA) is 3.24 Å². The van der Waals surface area contributed by atoms with Gasteiger partial charge >= 0.3 is 0 Å². The van der Waals surface area contributed by atoms with Gasteiger partial charge in [-0.25, -0.2) is 0 Å². The molecule has 0 bridgehead atoms.